The van der Waals surface area contributed by atoms with Crippen LogP contribution >= 0.6 is 11.6 Å². The number of aromatic nitrogens is 1. The molecular formula is C19H16ClN3O2. The Morgan fingerprint density at radius 3 is 2.64 bits per heavy atom. The van der Waals surface area contributed by atoms with Crippen LogP contribution in [0.1, 0.15) is 15.9 Å². The molecule has 0 aliphatic rings. The highest BCUT2D eigenvalue weighted by Crippen LogP contribution is 2.24. The van der Waals surface area contributed by atoms with E-state index in [4.69, 9.17) is 16.3 Å². The number of carbonyl (C=O) groups excluding carboxylic acids is 1. The van der Waals surface area contributed by atoms with Crippen LogP contribution in [-0.2, 0) is 0 Å². The maximum Gasteiger partial charge on any atom is 0.273 e. The lowest BCUT2D eigenvalue weighted by atomic mass is 10.1. The Morgan fingerprint density at radius 2 is 1.92 bits per heavy atom. The largest absolute Gasteiger partial charge is 0.495 e. The minimum absolute atomic E-state index is 0.292. The van der Waals surface area contributed by atoms with Crippen LogP contribution in [0.3, 0.4) is 0 Å². The van der Waals surface area contributed by atoms with Crippen LogP contribution in [-0.4, -0.2) is 23.8 Å². The van der Waals surface area contributed by atoms with Gasteiger partial charge in [-0.15, -0.1) is 0 Å². The first-order valence-electron chi connectivity index (χ1n) is 7.58. The summed E-state index contributed by atoms with van der Waals surface area (Å²) < 4.78 is 6.98. The summed E-state index contributed by atoms with van der Waals surface area (Å²) in [5, 5.41) is 4.49. The summed E-state index contributed by atoms with van der Waals surface area (Å²) >= 11 is 6.07. The number of nitrogens with zero attached hydrogens (tertiary/aromatic N) is 2. The molecule has 0 fully saturated rings. The van der Waals surface area contributed by atoms with E-state index >= 15 is 0 Å². The number of para-hydroxylation sites is 1. The normalized spacial score (nSPS) is 10.8. The summed E-state index contributed by atoms with van der Waals surface area (Å²) in [5.74, 6) is 0.295. The summed E-state index contributed by atoms with van der Waals surface area (Å²) in [5.41, 5.74) is 4.61. The zero-order chi connectivity index (χ0) is 17.6. The monoisotopic (exact) mass is 353 g/mol. The van der Waals surface area contributed by atoms with Crippen molar-refractivity contribution in [2.45, 2.75) is 0 Å². The summed E-state index contributed by atoms with van der Waals surface area (Å²) in [6.45, 7) is 0. The van der Waals surface area contributed by atoms with Crippen LogP contribution < -0.4 is 10.2 Å². The third-order valence-corrected chi connectivity index (χ3v) is 3.88. The van der Waals surface area contributed by atoms with E-state index in [2.05, 4.69) is 10.5 Å². The molecule has 0 aliphatic carbocycles. The third kappa shape index (κ3) is 3.89. The first-order chi connectivity index (χ1) is 12.2. The highest BCUT2D eigenvalue weighted by atomic mass is 35.5. The van der Waals surface area contributed by atoms with Crippen molar-refractivity contribution in [3.63, 3.8) is 0 Å². The SMILES string of the molecule is COc1ccc(C=NNC(=O)c2ccccc2-n2cccc2)cc1Cl. The molecule has 0 radical (unpaired) electrons. The number of hydrazone groups is 1. The van der Waals surface area contributed by atoms with E-state index < -0.39 is 0 Å². The molecule has 0 spiro atoms. The Balaban J connectivity index is 1.74. The number of carbonyl (C=O) groups is 1. The van der Waals surface area contributed by atoms with Crippen LogP contribution in [0.25, 0.3) is 5.69 Å². The van der Waals surface area contributed by atoms with Gasteiger partial charge in [-0.05, 0) is 48.0 Å². The molecule has 1 heterocycles. The molecule has 0 unspecified atom stereocenters. The number of methoxy groups -OCH3 is 1. The molecule has 1 amide bonds. The Hall–Kier alpha value is -3.05. The van der Waals surface area contributed by atoms with E-state index in [1.54, 1.807) is 31.4 Å². The van der Waals surface area contributed by atoms with Crippen molar-refractivity contribution >= 4 is 23.7 Å². The van der Waals surface area contributed by atoms with Crippen molar-refractivity contribution in [1.82, 2.24) is 9.99 Å². The number of amides is 1. The fourth-order valence-corrected chi connectivity index (χ4v) is 2.64. The van der Waals surface area contributed by atoms with Crippen molar-refractivity contribution in [2.75, 3.05) is 7.11 Å². The van der Waals surface area contributed by atoms with E-state index in [0.29, 0.717) is 16.3 Å². The zero-order valence-corrected chi connectivity index (χ0v) is 14.3. The number of halogens is 1. The molecule has 3 rings (SSSR count). The number of ether oxygens (including phenoxy) is 1. The summed E-state index contributed by atoms with van der Waals surface area (Å²) in [6, 6.07) is 16.4. The standard InChI is InChI=1S/C19H16ClN3O2/c1-25-18-9-8-14(12-16(18)20)13-21-22-19(24)15-6-2-3-7-17(15)23-10-4-5-11-23/h2-13H,1H3,(H,22,24). The topological polar surface area (TPSA) is 55.6 Å². The predicted octanol–water partition coefficient (Wildman–Crippen LogP) is 3.90. The van der Waals surface area contributed by atoms with Crippen LogP contribution in [0, 0.1) is 0 Å². The van der Waals surface area contributed by atoms with Crippen molar-refractivity contribution in [2.24, 2.45) is 5.10 Å². The summed E-state index contributed by atoms with van der Waals surface area (Å²) in [4.78, 5) is 12.4. The van der Waals surface area contributed by atoms with E-state index in [9.17, 15) is 4.79 Å². The fourth-order valence-electron chi connectivity index (χ4n) is 2.37. The van der Waals surface area contributed by atoms with Crippen molar-refractivity contribution in [3.05, 3.63) is 83.1 Å². The van der Waals surface area contributed by atoms with Gasteiger partial charge in [-0.1, -0.05) is 23.7 Å². The van der Waals surface area contributed by atoms with Crippen LogP contribution in [0.5, 0.6) is 5.75 Å². The Bertz CT molecular complexity index is 905. The third-order valence-electron chi connectivity index (χ3n) is 3.59. The van der Waals surface area contributed by atoms with Gasteiger partial charge in [0.15, 0.2) is 0 Å². The quantitative estimate of drug-likeness (QED) is 0.558. The van der Waals surface area contributed by atoms with Gasteiger partial charge in [-0.2, -0.15) is 5.10 Å². The molecule has 1 N–H and O–H groups in total. The maximum absolute atomic E-state index is 12.4. The fraction of sp³-hybridized carbons (Fsp3) is 0.0526. The van der Waals surface area contributed by atoms with Gasteiger partial charge in [0.2, 0.25) is 0 Å². The van der Waals surface area contributed by atoms with E-state index in [-0.39, 0.29) is 5.91 Å². The molecule has 0 bridgehead atoms. The molecule has 3 aromatic rings. The molecule has 0 saturated carbocycles. The molecule has 0 atom stereocenters. The highest BCUT2D eigenvalue weighted by molar-refractivity contribution is 6.32. The van der Waals surface area contributed by atoms with Crippen LogP contribution in [0.4, 0.5) is 0 Å². The van der Waals surface area contributed by atoms with Gasteiger partial charge in [-0.25, -0.2) is 5.43 Å². The van der Waals surface area contributed by atoms with Gasteiger partial charge >= 0.3 is 0 Å². The lowest BCUT2D eigenvalue weighted by molar-refractivity contribution is 0.0955. The van der Waals surface area contributed by atoms with Gasteiger partial charge in [0.25, 0.3) is 5.91 Å². The number of rotatable bonds is 5. The number of nitrogens with one attached hydrogen (secondary N) is 1. The van der Waals surface area contributed by atoms with E-state index in [1.165, 1.54) is 6.21 Å². The highest BCUT2D eigenvalue weighted by Gasteiger charge is 2.11. The van der Waals surface area contributed by atoms with E-state index in [0.717, 1.165) is 11.3 Å². The van der Waals surface area contributed by atoms with Crippen LogP contribution in [0.15, 0.2) is 72.1 Å². The van der Waals surface area contributed by atoms with E-state index in [1.807, 2.05) is 47.3 Å². The lowest BCUT2D eigenvalue weighted by Gasteiger charge is -2.09. The molecule has 5 nitrogen and oxygen atoms in total. The Labute approximate surface area is 150 Å². The maximum atomic E-state index is 12.4. The molecule has 1 aromatic heterocycles. The first kappa shape index (κ1) is 16.8. The van der Waals surface area contributed by atoms with Crippen molar-refractivity contribution in [1.29, 1.82) is 0 Å². The summed E-state index contributed by atoms with van der Waals surface area (Å²) in [6.07, 6.45) is 5.30. The average molecular weight is 354 g/mol. The minimum Gasteiger partial charge on any atom is -0.495 e. The lowest BCUT2D eigenvalue weighted by Crippen LogP contribution is -2.19. The Morgan fingerprint density at radius 1 is 1.16 bits per heavy atom. The van der Waals surface area contributed by atoms with Gasteiger partial charge in [-0.3, -0.25) is 4.79 Å². The number of benzene rings is 2. The first-order valence-corrected chi connectivity index (χ1v) is 7.96. The zero-order valence-electron chi connectivity index (χ0n) is 13.5. The molecule has 2 aromatic carbocycles. The molecule has 6 heteroatoms. The van der Waals surface area contributed by atoms with Gasteiger partial charge in [0.1, 0.15) is 5.75 Å². The molecule has 0 aliphatic heterocycles. The van der Waals surface area contributed by atoms with Crippen molar-refractivity contribution in [3.8, 4) is 11.4 Å². The molecule has 126 valence electrons. The number of hydrogen-bond donors (Lipinski definition) is 1. The van der Waals surface area contributed by atoms with Gasteiger partial charge in [0.05, 0.1) is 29.6 Å². The molecule has 0 saturated heterocycles. The minimum atomic E-state index is -0.292. The molecular weight excluding hydrogens is 338 g/mol. The van der Waals surface area contributed by atoms with Crippen molar-refractivity contribution < 1.29 is 9.53 Å². The van der Waals surface area contributed by atoms with Crippen LogP contribution in [0.2, 0.25) is 5.02 Å². The summed E-state index contributed by atoms with van der Waals surface area (Å²) in [7, 11) is 1.55. The average Bonchev–Trinajstić information content (AvgIpc) is 3.16. The smallest absolute Gasteiger partial charge is 0.273 e. The Kier molecular flexibility index (Phi) is 5.16. The molecule has 25 heavy (non-hydrogen) atoms. The second-order valence-electron chi connectivity index (χ2n) is 5.20. The van der Waals surface area contributed by atoms with Gasteiger partial charge in [0, 0.05) is 12.4 Å². The van der Waals surface area contributed by atoms with Gasteiger partial charge < -0.3 is 9.30 Å². The second kappa shape index (κ2) is 7.68. The number of hydrogen-bond acceptors (Lipinski definition) is 3. The predicted molar refractivity (Wildman–Crippen MR) is 98.8 cm³/mol. The second-order valence-corrected chi connectivity index (χ2v) is 5.61.